The topological polar surface area (TPSA) is 62.2 Å². The lowest BCUT2D eigenvalue weighted by Gasteiger charge is -2.31. The predicted molar refractivity (Wildman–Crippen MR) is 71.6 cm³/mol. The number of rotatable bonds is 5. The average molecular weight is 267 g/mol. The molecule has 0 saturated heterocycles. The summed E-state index contributed by atoms with van der Waals surface area (Å²) < 4.78 is 10.7. The van der Waals surface area contributed by atoms with Crippen molar-refractivity contribution >= 4 is 0 Å². The van der Waals surface area contributed by atoms with Crippen molar-refractivity contribution in [2.24, 2.45) is 0 Å². The van der Waals surface area contributed by atoms with Crippen molar-refractivity contribution in [3.05, 3.63) is 23.3 Å². The quantitative estimate of drug-likeness (QED) is 0.809. The van der Waals surface area contributed by atoms with E-state index in [2.05, 4.69) is 4.90 Å². The van der Waals surface area contributed by atoms with Crippen LogP contribution in [-0.2, 0) is 13.0 Å². The van der Waals surface area contributed by atoms with Crippen LogP contribution in [-0.4, -0.2) is 55.1 Å². The summed E-state index contributed by atoms with van der Waals surface area (Å²) in [6.07, 6.45) is 0.190. The Bertz CT molecular complexity index is 436. The molecule has 0 aliphatic carbocycles. The van der Waals surface area contributed by atoms with Crippen LogP contribution in [0.3, 0.4) is 0 Å². The lowest BCUT2D eigenvalue weighted by molar-refractivity contribution is 0.0549. The number of nitrogens with zero attached hydrogens (tertiary/aromatic N) is 1. The van der Waals surface area contributed by atoms with Crippen molar-refractivity contribution < 1.29 is 19.7 Å². The van der Waals surface area contributed by atoms with E-state index >= 15 is 0 Å². The van der Waals surface area contributed by atoms with Gasteiger partial charge in [-0.1, -0.05) is 0 Å². The standard InChI is InChI=1S/C14H21NO4/c1-18-12-5-10-7-15(8-11(17)9-16)4-3-13(10)14(6-12)19-2/h5-6,11,16-17H,3-4,7-9H2,1-2H3. The molecule has 0 bridgehead atoms. The third-order valence-electron chi connectivity index (χ3n) is 3.48. The zero-order valence-corrected chi connectivity index (χ0v) is 11.4. The second kappa shape index (κ2) is 6.23. The van der Waals surface area contributed by atoms with E-state index in [-0.39, 0.29) is 6.61 Å². The third kappa shape index (κ3) is 3.18. The van der Waals surface area contributed by atoms with Gasteiger partial charge in [-0.05, 0) is 18.1 Å². The van der Waals surface area contributed by atoms with Gasteiger partial charge in [0.15, 0.2) is 0 Å². The highest BCUT2D eigenvalue weighted by molar-refractivity contribution is 5.47. The molecule has 2 rings (SSSR count). The van der Waals surface area contributed by atoms with Crippen molar-refractivity contribution in [2.45, 2.75) is 19.1 Å². The molecule has 0 aromatic heterocycles. The Labute approximate surface area is 113 Å². The van der Waals surface area contributed by atoms with Crippen LogP contribution in [0, 0.1) is 0 Å². The lowest BCUT2D eigenvalue weighted by Crippen LogP contribution is -2.38. The first kappa shape index (κ1) is 14.1. The maximum Gasteiger partial charge on any atom is 0.126 e. The fourth-order valence-electron chi connectivity index (χ4n) is 2.50. The molecule has 1 atom stereocenters. The SMILES string of the molecule is COc1cc2c(c(OC)c1)CCN(CC(O)CO)C2. The van der Waals surface area contributed by atoms with Crippen LogP contribution in [0.5, 0.6) is 11.5 Å². The smallest absolute Gasteiger partial charge is 0.126 e. The summed E-state index contributed by atoms with van der Waals surface area (Å²) >= 11 is 0. The van der Waals surface area contributed by atoms with Crippen molar-refractivity contribution in [1.29, 1.82) is 0 Å². The Kier molecular flexibility index (Phi) is 4.63. The van der Waals surface area contributed by atoms with Gasteiger partial charge in [-0.15, -0.1) is 0 Å². The van der Waals surface area contributed by atoms with Gasteiger partial charge in [0.25, 0.3) is 0 Å². The van der Waals surface area contributed by atoms with Crippen molar-refractivity contribution in [3.63, 3.8) is 0 Å². The average Bonchev–Trinajstić information content (AvgIpc) is 2.45. The molecule has 2 N–H and O–H groups in total. The number of methoxy groups -OCH3 is 2. The molecule has 19 heavy (non-hydrogen) atoms. The zero-order valence-electron chi connectivity index (χ0n) is 11.4. The van der Waals surface area contributed by atoms with E-state index in [9.17, 15) is 5.11 Å². The second-order valence-electron chi connectivity index (χ2n) is 4.79. The van der Waals surface area contributed by atoms with Gasteiger partial charge in [-0.25, -0.2) is 0 Å². The molecular formula is C14H21NO4. The van der Waals surface area contributed by atoms with Gasteiger partial charge in [-0.3, -0.25) is 4.90 Å². The number of hydrogen-bond acceptors (Lipinski definition) is 5. The molecule has 1 aliphatic rings. The van der Waals surface area contributed by atoms with Crippen LogP contribution in [0.25, 0.3) is 0 Å². The van der Waals surface area contributed by atoms with E-state index in [1.165, 1.54) is 5.56 Å². The lowest BCUT2D eigenvalue weighted by atomic mass is 9.98. The summed E-state index contributed by atoms with van der Waals surface area (Å²) in [6, 6.07) is 3.91. The number of aliphatic hydroxyl groups is 2. The summed E-state index contributed by atoms with van der Waals surface area (Å²) in [6.45, 7) is 1.87. The first-order valence-corrected chi connectivity index (χ1v) is 6.43. The van der Waals surface area contributed by atoms with Crippen LogP contribution in [0.2, 0.25) is 0 Å². The number of aliphatic hydroxyl groups excluding tert-OH is 2. The van der Waals surface area contributed by atoms with Gasteiger partial charge in [0.05, 0.1) is 26.9 Å². The first-order valence-electron chi connectivity index (χ1n) is 6.43. The van der Waals surface area contributed by atoms with E-state index in [1.54, 1.807) is 14.2 Å². The summed E-state index contributed by atoms with van der Waals surface area (Å²) in [5, 5.41) is 18.4. The normalized spacial score (nSPS) is 16.8. The maximum absolute atomic E-state index is 9.52. The Morgan fingerprint density at radius 2 is 2.11 bits per heavy atom. The summed E-state index contributed by atoms with van der Waals surface area (Å²) in [5.41, 5.74) is 2.37. The molecule has 106 valence electrons. The first-order chi connectivity index (χ1) is 9.17. The van der Waals surface area contributed by atoms with Crippen LogP contribution >= 0.6 is 0 Å². The molecule has 5 nitrogen and oxygen atoms in total. The van der Waals surface area contributed by atoms with Crippen molar-refractivity contribution in [1.82, 2.24) is 4.90 Å². The molecule has 0 amide bonds. The van der Waals surface area contributed by atoms with Gasteiger partial charge in [0.2, 0.25) is 0 Å². The molecule has 1 aliphatic heterocycles. The van der Waals surface area contributed by atoms with Gasteiger partial charge in [0, 0.05) is 31.3 Å². The van der Waals surface area contributed by atoms with Gasteiger partial charge < -0.3 is 19.7 Å². The fourth-order valence-corrected chi connectivity index (χ4v) is 2.50. The highest BCUT2D eigenvalue weighted by Gasteiger charge is 2.22. The molecule has 5 heteroatoms. The Morgan fingerprint density at radius 3 is 2.74 bits per heavy atom. The molecule has 1 unspecified atom stereocenters. The monoisotopic (exact) mass is 267 g/mol. The summed E-state index contributed by atoms with van der Waals surface area (Å²) in [5.74, 6) is 1.64. The minimum atomic E-state index is -0.686. The molecular weight excluding hydrogens is 246 g/mol. The van der Waals surface area contributed by atoms with Crippen LogP contribution in [0.15, 0.2) is 12.1 Å². The number of fused-ring (bicyclic) bond motifs is 1. The third-order valence-corrected chi connectivity index (χ3v) is 3.48. The van der Waals surface area contributed by atoms with E-state index in [0.717, 1.165) is 36.6 Å². The van der Waals surface area contributed by atoms with E-state index in [1.807, 2.05) is 12.1 Å². The minimum absolute atomic E-state index is 0.204. The Hall–Kier alpha value is -1.30. The molecule has 1 aromatic rings. The van der Waals surface area contributed by atoms with Gasteiger partial charge >= 0.3 is 0 Å². The molecule has 0 fully saturated rings. The molecule has 1 heterocycles. The highest BCUT2D eigenvalue weighted by atomic mass is 16.5. The maximum atomic E-state index is 9.52. The van der Waals surface area contributed by atoms with Crippen molar-refractivity contribution in [2.75, 3.05) is 33.9 Å². The van der Waals surface area contributed by atoms with Crippen LogP contribution in [0.4, 0.5) is 0 Å². The Balaban J connectivity index is 2.19. The largest absolute Gasteiger partial charge is 0.497 e. The zero-order chi connectivity index (χ0) is 13.8. The fraction of sp³-hybridized carbons (Fsp3) is 0.571. The Morgan fingerprint density at radius 1 is 1.32 bits per heavy atom. The van der Waals surface area contributed by atoms with Gasteiger partial charge in [-0.2, -0.15) is 0 Å². The molecule has 0 radical (unpaired) electrons. The van der Waals surface area contributed by atoms with E-state index < -0.39 is 6.10 Å². The van der Waals surface area contributed by atoms with E-state index in [4.69, 9.17) is 14.6 Å². The van der Waals surface area contributed by atoms with E-state index in [0.29, 0.717) is 6.54 Å². The predicted octanol–water partition coefficient (Wildman–Crippen LogP) is 0.415. The molecule has 1 aromatic carbocycles. The number of hydrogen-bond donors (Lipinski definition) is 2. The highest BCUT2D eigenvalue weighted by Crippen LogP contribution is 2.32. The minimum Gasteiger partial charge on any atom is -0.497 e. The summed E-state index contributed by atoms with van der Waals surface area (Å²) in [4.78, 5) is 2.13. The van der Waals surface area contributed by atoms with Crippen LogP contribution < -0.4 is 9.47 Å². The number of β-amino-alcohol motifs (C(OH)–C–C–N with tert-alkyl or cyclic N) is 1. The van der Waals surface area contributed by atoms with Gasteiger partial charge in [0.1, 0.15) is 11.5 Å². The second-order valence-corrected chi connectivity index (χ2v) is 4.79. The number of ether oxygens (including phenoxy) is 2. The van der Waals surface area contributed by atoms with Crippen LogP contribution in [0.1, 0.15) is 11.1 Å². The number of benzene rings is 1. The molecule has 0 spiro atoms. The summed E-state index contributed by atoms with van der Waals surface area (Å²) in [7, 11) is 3.30. The van der Waals surface area contributed by atoms with Crippen molar-refractivity contribution in [3.8, 4) is 11.5 Å². The molecule has 0 saturated carbocycles.